The predicted octanol–water partition coefficient (Wildman–Crippen LogP) is 5.41. The lowest BCUT2D eigenvalue weighted by Gasteiger charge is -2.15. The van der Waals surface area contributed by atoms with Crippen molar-refractivity contribution in [2.24, 2.45) is 4.99 Å². The van der Waals surface area contributed by atoms with Crippen LogP contribution in [0.1, 0.15) is 13.0 Å². The molecule has 6 heteroatoms. The summed E-state index contributed by atoms with van der Waals surface area (Å²) in [5.41, 5.74) is 2.75. The maximum atomic E-state index is 6.10. The molecule has 4 aromatic rings. The highest BCUT2D eigenvalue weighted by Gasteiger charge is 2.17. The first-order valence-corrected chi connectivity index (χ1v) is 9.94. The summed E-state index contributed by atoms with van der Waals surface area (Å²) in [6.07, 6.45) is 0. The number of aromatic nitrogens is 1. The van der Waals surface area contributed by atoms with E-state index in [1.165, 1.54) is 0 Å². The summed E-state index contributed by atoms with van der Waals surface area (Å²) in [7, 11) is 3.37. The van der Waals surface area contributed by atoms with E-state index in [0.717, 1.165) is 38.7 Å². The van der Waals surface area contributed by atoms with Crippen molar-refractivity contribution < 1.29 is 13.9 Å². The van der Waals surface area contributed by atoms with Crippen molar-refractivity contribution in [1.29, 1.82) is 0 Å². The van der Waals surface area contributed by atoms with Gasteiger partial charge in [0.05, 0.1) is 31.1 Å². The highest BCUT2D eigenvalue weighted by Crippen LogP contribution is 2.30. The number of para-hydroxylation sites is 1. The van der Waals surface area contributed by atoms with Gasteiger partial charge in [-0.25, -0.2) is 4.99 Å². The minimum atomic E-state index is 0.108. The highest BCUT2D eigenvalue weighted by atomic mass is 32.1. The van der Waals surface area contributed by atoms with Crippen LogP contribution in [-0.4, -0.2) is 25.4 Å². The van der Waals surface area contributed by atoms with Crippen molar-refractivity contribution in [3.63, 3.8) is 0 Å². The summed E-state index contributed by atoms with van der Waals surface area (Å²) in [6.45, 7) is 2.70. The van der Waals surface area contributed by atoms with E-state index in [1.807, 2.05) is 42.5 Å². The van der Waals surface area contributed by atoms with Gasteiger partial charge in [0.25, 0.3) is 0 Å². The number of hydrogen-bond donors (Lipinski definition) is 0. The number of nitrogens with zero attached hydrogens (tertiary/aromatic N) is 2. The van der Waals surface area contributed by atoms with E-state index in [9.17, 15) is 0 Å². The van der Waals surface area contributed by atoms with E-state index < -0.39 is 0 Å². The Morgan fingerprint density at radius 2 is 1.89 bits per heavy atom. The Hall–Kier alpha value is -2.83. The summed E-state index contributed by atoms with van der Waals surface area (Å²) < 4.78 is 18.9. The lowest BCUT2D eigenvalue weighted by molar-refractivity contribution is 0.161. The van der Waals surface area contributed by atoms with Gasteiger partial charge in [-0.15, -0.1) is 11.3 Å². The first kappa shape index (κ1) is 18.5. The van der Waals surface area contributed by atoms with Crippen LogP contribution in [0.4, 0.5) is 5.69 Å². The Morgan fingerprint density at radius 1 is 1.11 bits per heavy atom. The zero-order valence-corrected chi connectivity index (χ0v) is 16.9. The number of hydrogen-bond acceptors (Lipinski definition) is 5. The molecule has 1 atom stereocenters. The van der Waals surface area contributed by atoms with Crippen LogP contribution in [0.2, 0.25) is 0 Å². The topological polar surface area (TPSA) is 48.9 Å². The lowest BCUT2D eigenvalue weighted by atomic mass is 10.2. The van der Waals surface area contributed by atoms with Crippen molar-refractivity contribution in [3.8, 4) is 17.2 Å². The molecule has 0 fully saturated rings. The second-order valence-electron chi connectivity index (χ2n) is 6.54. The van der Waals surface area contributed by atoms with Crippen molar-refractivity contribution in [2.75, 3.05) is 20.8 Å². The third kappa shape index (κ3) is 3.61. The molecule has 0 unspecified atom stereocenters. The molecule has 4 rings (SSSR count). The zero-order valence-electron chi connectivity index (χ0n) is 16.1. The van der Waals surface area contributed by atoms with Crippen LogP contribution in [-0.2, 0) is 4.74 Å². The number of furan rings is 1. The van der Waals surface area contributed by atoms with E-state index in [2.05, 4.69) is 29.0 Å². The Morgan fingerprint density at radius 3 is 2.61 bits per heavy atom. The molecule has 28 heavy (non-hydrogen) atoms. The fourth-order valence-electron chi connectivity index (χ4n) is 3.20. The molecule has 0 saturated carbocycles. The Bertz CT molecular complexity index is 1110. The molecule has 2 aromatic heterocycles. The molecule has 0 saturated heterocycles. The monoisotopic (exact) mass is 394 g/mol. The van der Waals surface area contributed by atoms with Crippen molar-refractivity contribution in [1.82, 2.24) is 4.57 Å². The smallest absolute Gasteiger partial charge is 0.190 e. The fraction of sp³-hybridized carbons (Fsp3) is 0.227. The average molecular weight is 394 g/mol. The van der Waals surface area contributed by atoms with Gasteiger partial charge in [-0.3, -0.25) is 0 Å². The van der Waals surface area contributed by atoms with Crippen molar-refractivity contribution in [2.45, 2.75) is 13.0 Å². The Balaban J connectivity index is 1.83. The van der Waals surface area contributed by atoms with E-state index in [4.69, 9.17) is 18.9 Å². The predicted molar refractivity (Wildman–Crippen MR) is 112 cm³/mol. The molecule has 144 valence electrons. The van der Waals surface area contributed by atoms with E-state index in [-0.39, 0.29) is 6.04 Å². The van der Waals surface area contributed by atoms with Crippen LogP contribution < -0.4 is 9.54 Å². The minimum absolute atomic E-state index is 0.108. The van der Waals surface area contributed by atoms with E-state index in [0.29, 0.717) is 6.61 Å². The summed E-state index contributed by atoms with van der Waals surface area (Å²) >= 11 is 1.59. The van der Waals surface area contributed by atoms with Gasteiger partial charge in [0.1, 0.15) is 11.3 Å². The van der Waals surface area contributed by atoms with Gasteiger partial charge in [0.2, 0.25) is 0 Å². The quantitative estimate of drug-likeness (QED) is 0.439. The van der Waals surface area contributed by atoms with E-state index >= 15 is 0 Å². The van der Waals surface area contributed by atoms with Crippen LogP contribution >= 0.6 is 11.3 Å². The molecular formula is C22H22N2O3S. The first-order valence-electron chi connectivity index (χ1n) is 9.06. The third-order valence-corrected chi connectivity index (χ3v) is 5.41. The molecule has 0 aliphatic heterocycles. The maximum Gasteiger partial charge on any atom is 0.190 e. The number of thiazole rings is 1. The normalized spacial score (nSPS) is 13.2. The van der Waals surface area contributed by atoms with Crippen molar-refractivity contribution >= 4 is 28.0 Å². The average Bonchev–Trinajstić information content (AvgIpc) is 3.32. The van der Waals surface area contributed by atoms with Crippen LogP contribution in [0.3, 0.4) is 0 Å². The second kappa shape index (κ2) is 8.04. The summed E-state index contributed by atoms with van der Waals surface area (Å²) in [6, 6.07) is 17.9. The van der Waals surface area contributed by atoms with Gasteiger partial charge in [0, 0.05) is 17.9 Å². The van der Waals surface area contributed by atoms with Gasteiger partial charge < -0.3 is 18.5 Å². The van der Waals surface area contributed by atoms with Gasteiger partial charge >= 0.3 is 0 Å². The molecule has 0 aliphatic rings. The molecule has 2 heterocycles. The largest absolute Gasteiger partial charge is 0.497 e. The maximum absolute atomic E-state index is 6.10. The van der Waals surface area contributed by atoms with Crippen molar-refractivity contribution in [3.05, 3.63) is 64.8 Å². The molecule has 0 N–H and O–H groups in total. The molecule has 0 amide bonds. The lowest BCUT2D eigenvalue weighted by Crippen LogP contribution is -2.22. The van der Waals surface area contributed by atoms with Gasteiger partial charge in [0.15, 0.2) is 10.6 Å². The zero-order chi connectivity index (χ0) is 19.5. The number of benzene rings is 2. The summed E-state index contributed by atoms with van der Waals surface area (Å²) in [5.74, 6) is 1.64. The van der Waals surface area contributed by atoms with Crippen LogP contribution in [0.5, 0.6) is 5.75 Å². The molecule has 5 nitrogen and oxygen atoms in total. The second-order valence-corrected chi connectivity index (χ2v) is 7.37. The summed E-state index contributed by atoms with van der Waals surface area (Å²) in [5, 5.41) is 3.18. The number of fused-ring (bicyclic) bond motifs is 1. The number of ether oxygens (including phenoxy) is 2. The molecular weight excluding hydrogens is 372 g/mol. The SMILES string of the molecule is COC[C@H](C)n1c(-c2cc3ccccc3o2)csc1=Nc1ccc(OC)cc1. The molecule has 2 aromatic carbocycles. The molecule has 0 aliphatic carbocycles. The molecule has 0 radical (unpaired) electrons. The third-order valence-electron chi connectivity index (χ3n) is 4.57. The number of methoxy groups -OCH3 is 2. The molecule has 0 spiro atoms. The highest BCUT2D eigenvalue weighted by molar-refractivity contribution is 7.07. The minimum Gasteiger partial charge on any atom is -0.497 e. The van der Waals surface area contributed by atoms with Crippen LogP contribution in [0.15, 0.2) is 69.4 Å². The van der Waals surface area contributed by atoms with Gasteiger partial charge in [-0.05, 0) is 43.3 Å². The first-order chi connectivity index (χ1) is 13.7. The van der Waals surface area contributed by atoms with Crippen LogP contribution in [0.25, 0.3) is 22.4 Å². The van der Waals surface area contributed by atoms with E-state index in [1.54, 1.807) is 25.6 Å². The molecule has 0 bridgehead atoms. The van der Waals surface area contributed by atoms with Gasteiger partial charge in [-0.1, -0.05) is 18.2 Å². The Kier molecular flexibility index (Phi) is 5.32. The summed E-state index contributed by atoms with van der Waals surface area (Å²) in [4.78, 5) is 5.74. The Labute approximate surface area is 167 Å². The van der Waals surface area contributed by atoms with Crippen LogP contribution in [0, 0.1) is 0 Å². The number of rotatable bonds is 6. The fourth-order valence-corrected chi connectivity index (χ4v) is 4.20. The standard InChI is InChI=1S/C22H22N2O3S/c1-15(13-25-2)24-19(21-12-16-6-4-5-7-20(16)27-21)14-28-22(24)23-17-8-10-18(26-3)11-9-17/h4-12,14-15H,13H2,1-3H3/t15-/m0/s1. The van der Waals surface area contributed by atoms with Gasteiger partial charge in [-0.2, -0.15) is 0 Å².